The van der Waals surface area contributed by atoms with Gasteiger partial charge in [-0.1, -0.05) is 166 Å². The Balaban J connectivity index is 1.06. The number of hydrogen-bond acceptors (Lipinski definition) is 1. The van der Waals surface area contributed by atoms with Gasteiger partial charge in [-0.2, -0.15) is 0 Å². The molecule has 0 spiro atoms. The van der Waals surface area contributed by atoms with Gasteiger partial charge in [-0.05, 0) is 129 Å². The second kappa shape index (κ2) is 11.7. The molecule has 11 aromatic rings. The summed E-state index contributed by atoms with van der Waals surface area (Å²) in [6, 6.07) is 68.3. The molecule has 0 saturated heterocycles. The summed E-state index contributed by atoms with van der Waals surface area (Å²) in [6.07, 6.45) is 0. The highest BCUT2D eigenvalue weighted by Crippen LogP contribution is 2.54. The Labute approximate surface area is 329 Å². The Morgan fingerprint density at radius 3 is 1.62 bits per heavy atom. The molecule has 0 aliphatic heterocycles. The van der Waals surface area contributed by atoms with Gasteiger partial charge in [0.25, 0.3) is 0 Å². The predicted molar refractivity (Wildman–Crippen MR) is 243 cm³/mol. The van der Waals surface area contributed by atoms with E-state index in [2.05, 4.69) is 196 Å². The van der Waals surface area contributed by atoms with E-state index in [1.807, 2.05) is 11.3 Å². The maximum Gasteiger partial charge on any atom is 0.0433 e. The summed E-state index contributed by atoms with van der Waals surface area (Å²) >= 11 is 1.94. The first-order valence-corrected chi connectivity index (χ1v) is 20.4. The van der Waals surface area contributed by atoms with E-state index in [9.17, 15) is 0 Å². The van der Waals surface area contributed by atoms with Crippen LogP contribution < -0.4 is 0 Å². The molecule has 0 N–H and O–H groups in total. The zero-order valence-electron chi connectivity index (χ0n) is 31.2. The molecular formula is C55H36S. The largest absolute Gasteiger partial charge is 0.135 e. The lowest BCUT2D eigenvalue weighted by Gasteiger charge is -2.22. The lowest BCUT2D eigenvalue weighted by molar-refractivity contribution is 0.661. The van der Waals surface area contributed by atoms with E-state index in [0.29, 0.717) is 0 Å². The van der Waals surface area contributed by atoms with Gasteiger partial charge >= 0.3 is 0 Å². The van der Waals surface area contributed by atoms with E-state index < -0.39 is 0 Å². The molecule has 0 fully saturated rings. The van der Waals surface area contributed by atoms with Crippen LogP contribution in [0.5, 0.6) is 0 Å². The molecular weight excluding hydrogens is 693 g/mol. The van der Waals surface area contributed by atoms with Gasteiger partial charge < -0.3 is 0 Å². The quantitative estimate of drug-likeness (QED) is 0.159. The lowest BCUT2D eigenvalue weighted by Crippen LogP contribution is -2.14. The van der Waals surface area contributed by atoms with Crippen molar-refractivity contribution in [1.82, 2.24) is 0 Å². The standard InChI is InChI=1S/C55H36S/c1-55(2)49-27-25-39(30-46(49)47-32-51-48(31-50(47)55)45-26-24-34-13-5-6-17-40(34)54(45)56-51)53-43-20-9-7-18-41(43)52(42-19-8-10-21-44(42)53)38-16-11-15-36(29-38)37-23-22-33-12-3-4-14-35(33)28-37/h3-32H,1-2H3. The second-order valence-electron chi connectivity index (χ2n) is 16.0. The van der Waals surface area contributed by atoms with Crippen molar-refractivity contribution < 1.29 is 0 Å². The summed E-state index contributed by atoms with van der Waals surface area (Å²) in [5.41, 5.74) is 13.0. The first-order chi connectivity index (χ1) is 27.5. The molecule has 10 aromatic carbocycles. The Morgan fingerprint density at radius 2 is 0.893 bits per heavy atom. The van der Waals surface area contributed by atoms with Gasteiger partial charge in [0.1, 0.15) is 0 Å². The molecule has 1 heteroatoms. The van der Waals surface area contributed by atoms with Crippen LogP contribution in [0.25, 0.3) is 108 Å². The molecule has 0 atom stereocenters. The van der Waals surface area contributed by atoms with Crippen molar-refractivity contribution >= 4 is 74.6 Å². The molecule has 1 aliphatic carbocycles. The van der Waals surface area contributed by atoms with Gasteiger partial charge in [-0.15, -0.1) is 11.3 Å². The predicted octanol–water partition coefficient (Wildman–Crippen LogP) is 16.0. The molecule has 1 aromatic heterocycles. The molecule has 1 aliphatic rings. The van der Waals surface area contributed by atoms with Gasteiger partial charge in [0.05, 0.1) is 0 Å². The fourth-order valence-corrected chi connectivity index (χ4v) is 11.1. The van der Waals surface area contributed by atoms with Crippen LogP contribution in [0.3, 0.4) is 0 Å². The van der Waals surface area contributed by atoms with Gasteiger partial charge in [0, 0.05) is 25.6 Å². The van der Waals surface area contributed by atoms with Crippen molar-refractivity contribution in [3.63, 3.8) is 0 Å². The van der Waals surface area contributed by atoms with E-state index in [1.165, 1.54) is 119 Å². The van der Waals surface area contributed by atoms with Crippen molar-refractivity contribution in [2.24, 2.45) is 0 Å². The highest BCUT2D eigenvalue weighted by atomic mass is 32.1. The fraction of sp³-hybridized carbons (Fsp3) is 0.0545. The normalized spacial score (nSPS) is 13.3. The maximum atomic E-state index is 2.50. The summed E-state index contributed by atoms with van der Waals surface area (Å²) in [5, 5.41) is 13.0. The highest BCUT2D eigenvalue weighted by Gasteiger charge is 2.36. The van der Waals surface area contributed by atoms with Crippen LogP contribution in [0.4, 0.5) is 0 Å². The van der Waals surface area contributed by atoms with E-state index in [-0.39, 0.29) is 5.41 Å². The van der Waals surface area contributed by atoms with Crippen molar-refractivity contribution in [3.05, 3.63) is 193 Å². The van der Waals surface area contributed by atoms with Crippen molar-refractivity contribution in [1.29, 1.82) is 0 Å². The third-order valence-electron chi connectivity index (χ3n) is 12.6. The average Bonchev–Trinajstić information content (AvgIpc) is 3.72. The van der Waals surface area contributed by atoms with Crippen molar-refractivity contribution in [2.45, 2.75) is 19.3 Å². The zero-order valence-corrected chi connectivity index (χ0v) is 32.0. The van der Waals surface area contributed by atoms with E-state index >= 15 is 0 Å². The van der Waals surface area contributed by atoms with Crippen LogP contribution in [0.15, 0.2) is 182 Å². The van der Waals surface area contributed by atoms with Crippen LogP contribution in [-0.4, -0.2) is 0 Å². The number of thiophene rings is 1. The van der Waals surface area contributed by atoms with Crippen LogP contribution in [0.2, 0.25) is 0 Å². The monoisotopic (exact) mass is 728 g/mol. The third kappa shape index (κ3) is 4.53. The summed E-state index contributed by atoms with van der Waals surface area (Å²) in [6.45, 7) is 4.80. The van der Waals surface area contributed by atoms with Crippen molar-refractivity contribution in [2.75, 3.05) is 0 Å². The maximum absolute atomic E-state index is 2.50. The minimum absolute atomic E-state index is 0.105. The first kappa shape index (κ1) is 31.8. The topological polar surface area (TPSA) is 0 Å². The molecule has 0 saturated carbocycles. The molecule has 262 valence electrons. The smallest absolute Gasteiger partial charge is 0.0433 e. The molecule has 0 nitrogen and oxygen atoms in total. The van der Waals surface area contributed by atoms with E-state index in [1.54, 1.807) is 0 Å². The Hall–Kier alpha value is -6.54. The molecule has 0 bridgehead atoms. The fourth-order valence-electron chi connectivity index (χ4n) is 9.88. The third-order valence-corrected chi connectivity index (χ3v) is 13.8. The molecule has 0 radical (unpaired) electrons. The van der Waals surface area contributed by atoms with Gasteiger partial charge in [0.2, 0.25) is 0 Å². The molecule has 56 heavy (non-hydrogen) atoms. The minimum Gasteiger partial charge on any atom is -0.135 e. The lowest BCUT2D eigenvalue weighted by atomic mass is 9.81. The Morgan fingerprint density at radius 1 is 0.339 bits per heavy atom. The summed E-state index contributed by atoms with van der Waals surface area (Å²) in [5.74, 6) is 0. The first-order valence-electron chi connectivity index (χ1n) is 19.6. The van der Waals surface area contributed by atoms with Crippen molar-refractivity contribution in [3.8, 4) is 44.5 Å². The number of hydrogen-bond donors (Lipinski definition) is 0. The number of rotatable bonds is 3. The summed E-state index contributed by atoms with van der Waals surface area (Å²) in [7, 11) is 0. The molecule has 1 heterocycles. The Bertz CT molecular complexity index is 3390. The minimum atomic E-state index is -0.105. The number of benzene rings is 10. The van der Waals surface area contributed by atoms with E-state index in [0.717, 1.165) is 0 Å². The van der Waals surface area contributed by atoms with Crippen LogP contribution in [0, 0.1) is 0 Å². The van der Waals surface area contributed by atoms with Crippen LogP contribution in [0.1, 0.15) is 25.0 Å². The Kier molecular flexibility index (Phi) is 6.66. The van der Waals surface area contributed by atoms with Gasteiger partial charge in [0.15, 0.2) is 0 Å². The van der Waals surface area contributed by atoms with Gasteiger partial charge in [-0.25, -0.2) is 0 Å². The SMILES string of the molecule is CC1(C)c2ccc(-c3c4ccccc4c(-c4cccc(-c5ccc6ccccc6c5)c4)c4ccccc34)cc2-c2cc3sc4c5ccccc5ccc4c3cc21. The van der Waals surface area contributed by atoms with E-state index in [4.69, 9.17) is 0 Å². The summed E-state index contributed by atoms with van der Waals surface area (Å²) < 4.78 is 2.74. The second-order valence-corrected chi connectivity index (χ2v) is 17.1. The highest BCUT2D eigenvalue weighted by molar-refractivity contribution is 7.26. The average molecular weight is 729 g/mol. The molecule has 0 amide bonds. The van der Waals surface area contributed by atoms with Crippen LogP contribution in [-0.2, 0) is 5.41 Å². The van der Waals surface area contributed by atoms with Crippen LogP contribution >= 0.6 is 11.3 Å². The van der Waals surface area contributed by atoms with Gasteiger partial charge in [-0.3, -0.25) is 0 Å². The number of fused-ring (bicyclic) bond motifs is 11. The zero-order chi connectivity index (χ0) is 37.1. The molecule has 12 rings (SSSR count). The molecule has 0 unspecified atom stereocenters. The summed E-state index contributed by atoms with van der Waals surface area (Å²) in [4.78, 5) is 0.